The van der Waals surface area contributed by atoms with E-state index in [9.17, 15) is 0 Å². The van der Waals surface area contributed by atoms with Crippen LogP contribution in [-0.2, 0) is 5.41 Å². The van der Waals surface area contributed by atoms with Crippen LogP contribution in [0.15, 0.2) is 4.42 Å². The van der Waals surface area contributed by atoms with Gasteiger partial charge in [0.2, 0.25) is 0 Å². The fraction of sp³-hybridized carbons (Fsp3) is 0.700. The van der Waals surface area contributed by atoms with Gasteiger partial charge in [0.05, 0.1) is 9.62 Å². The highest BCUT2D eigenvalue weighted by Gasteiger charge is 2.25. The average Bonchev–Trinajstić information content (AvgIpc) is 2.29. The van der Waals surface area contributed by atoms with Crippen LogP contribution in [0.5, 0.6) is 0 Å². The van der Waals surface area contributed by atoms with Crippen molar-refractivity contribution in [3.8, 4) is 0 Å². The Labute approximate surface area is 93.3 Å². The van der Waals surface area contributed by atoms with Crippen LogP contribution in [0.4, 0.5) is 0 Å². The first-order valence-corrected chi connectivity index (χ1v) is 5.69. The van der Waals surface area contributed by atoms with Crippen LogP contribution in [-0.4, -0.2) is 4.98 Å². The number of alkyl halides is 1. The van der Waals surface area contributed by atoms with Gasteiger partial charge in [0.1, 0.15) is 5.76 Å². The summed E-state index contributed by atoms with van der Waals surface area (Å²) in [5, 5.41) is 0. The highest BCUT2D eigenvalue weighted by molar-refractivity contribution is 14.1. The van der Waals surface area contributed by atoms with Crippen molar-refractivity contribution < 1.29 is 4.42 Å². The van der Waals surface area contributed by atoms with E-state index in [4.69, 9.17) is 4.42 Å². The number of aryl methyl sites for hydroxylation is 1. The molecular weight excluding hydrogens is 277 g/mol. The topological polar surface area (TPSA) is 26.0 Å². The van der Waals surface area contributed by atoms with E-state index < -0.39 is 0 Å². The quantitative estimate of drug-likeness (QED) is 0.582. The van der Waals surface area contributed by atoms with E-state index in [0.717, 1.165) is 17.3 Å². The number of nitrogens with zero attached hydrogens (tertiary/aromatic N) is 1. The fourth-order valence-corrected chi connectivity index (χ4v) is 1.67. The molecule has 0 spiro atoms. The lowest BCUT2D eigenvalue weighted by Crippen LogP contribution is -2.14. The van der Waals surface area contributed by atoms with Crippen LogP contribution in [0.25, 0.3) is 0 Å². The van der Waals surface area contributed by atoms with Crippen LogP contribution in [0, 0.1) is 6.92 Å². The number of aromatic nitrogens is 1. The molecule has 3 heteroatoms. The molecule has 0 fully saturated rings. The number of hydrogen-bond acceptors (Lipinski definition) is 2. The number of rotatable bonds is 1. The Bertz CT molecular complexity index is 296. The van der Waals surface area contributed by atoms with Gasteiger partial charge < -0.3 is 4.42 Å². The molecule has 0 N–H and O–H groups in total. The molecule has 0 aromatic carbocycles. The third kappa shape index (κ3) is 2.45. The Morgan fingerprint density at radius 3 is 2.23 bits per heavy atom. The first-order valence-electron chi connectivity index (χ1n) is 4.44. The predicted octanol–water partition coefficient (Wildman–Crippen LogP) is 3.78. The van der Waals surface area contributed by atoms with Gasteiger partial charge in [-0.3, -0.25) is 0 Å². The van der Waals surface area contributed by atoms with Crippen LogP contribution < -0.4 is 0 Å². The van der Waals surface area contributed by atoms with Crippen molar-refractivity contribution in [3.05, 3.63) is 17.3 Å². The second-order valence-electron chi connectivity index (χ2n) is 4.31. The third-order valence-electron chi connectivity index (χ3n) is 1.83. The Balaban J connectivity index is 3.20. The van der Waals surface area contributed by atoms with Gasteiger partial charge in [-0.15, -0.1) is 0 Å². The average molecular weight is 293 g/mol. The molecule has 1 atom stereocenters. The summed E-state index contributed by atoms with van der Waals surface area (Å²) in [5.41, 5.74) is 1.17. The van der Waals surface area contributed by atoms with E-state index in [1.54, 1.807) is 0 Å². The molecule has 0 saturated carbocycles. The summed E-state index contributed by atoms with van der Waals surface area (Å²) in [6, 6.07) is 0. The van der Waals surface area contributed by atoms with Crippen molar-refractivity contribution >= 4 is 22.6 Å². The summed E-state index contributed by atoms with van der Waals surface area (Å²) >= 11 is 2.35. The number of hydrogen-bond donors (Lipinski definition) is 0. The second kappa shape index (κ2) is 3.59. The molecule has 1 aromatic rings. The monoisotopic (exact) mass is 293 g/mol. The zero-order chi connectivity index (χ0) is 10.2. The summed E-state index contributed by atoms with van der Waals surface area (Å²) in [6.45, 7) is 10.5. The fourth-order valence-electron chi connectivity index (χ4n) is 1.25. The van der Waals surface area contributed by atoms with Crippen molar-refractivity contribution in [2.75, 3.05) is 0 Å². The van der Waals surface area contributed by atoms with Gasteiger partial charge in [0.15, 0.2) is 5.89 Å². The zero-order valence-corrected chi connectivity index (χ0v) is 11.0. The lowest BCUT2D eigenvalue weighted by Gasteiger charge is -2.17. The van der Waals surface area contributed by atoms with Crippen molar-refractivity contribution in [2.45, 2.75) is 44.0 Å². The van der Waals surface area contributed by atoms with E-state index in [1.807, 2.05) is 6.92 Å². The molecule has 1 heterocycles. The van der Waals surface area contributed by atoms with Crippen LogP contribution in [0.3, 0.4) is 0 Å². The van der Waals surface area contributed by atoms with Crippen molar-refractivity contribution in [1.29, 1.82) is 0 Å². The van der Waals surface area contributed by atoms with Crippen LogP contribution in [0.2, 0.25) is 0 Å². The minimum Gasteiger partial charge on any atom is -0.445 e. The molecule has 0 aliphatic rings. The second-order valence-corrected chi connectivity index (χ2v) is 6.18. The molecule has 0 aliphatic heterocycles. The molecule has 74 valence electrons. The molecule has 0 amide bonds. The molecule has 0 aliphatic carbocycles. The van der Waals surface area contributed by atoms with E-state index in [1.165, 1.54) is 0 Å². The molecule has 1 aromatic heterocycles. The largest absolute Gasteiger partial charge is 0.445 e. The molecule has 13 heavy (non-hydrogen) atoms. The van der Waals surface area contributed by atoms with Crippen LogP contribution >= 0.6 is 22.6 Å². The predicted molar refractivity (Wildman–Crippen MR) is 62.4 cm³/mol. The Morgan fingerprint density at radius 2 is 1.92 bits per heavy atom. The molecule has 1 unspecified atom stereocenters. The van der Waals surface area contributed by atoms with Gasteiger partial charge in [0.25, 0.3) is 0 Å². The van der Waals surface area contributed by atoms with Gasteiger partial charge >= 0.3 is 0 Å². The highest BCUT2D eigenvalue weighted by atomic mass is 127. The molecular formula is C10H16INO. The first kappa shape index (κ1) is 11.0. The van der Waals surface area contributed by atoms with Gasteiger partial charge in [0, 0.05) is 12.3 Å². The zero-order valence-electron chi connectivity index (χ0n) is 8.81. The molecule has 0 radical (unpaired) electrons. The Morgan fingerprint density at radius 1 is 1.38 bits per heavy atom. The van der Waals surface area contributed by atoms with Crippen molar-refractivity contribution in [3.63, 3.8) is 0 Å². The summed E-state index contributed by atoms with van der Waals surface area (Å²) in [6.07, 6.45) is 0. The minimum absolute atomic E-state index is 0.0759. The molecule has 1 rings (SSSR count). The maximum atomic E-state index is 5.58. The summed E-state index contributed by atoms with van der Waals surface area (Å²) in [7, 11) is 0. The van der Waals surface area contributed by atoms with Crippen molar-refractivity contribution in [1.82, 2.24) is 4.98 Å². The van der Waals surface area contributed by atoms with Gasteiger partial charge in [-0.1, -0.05) is 43.4 Å². The maximum Gasteiger partial charge on any atom is 0.191 e. The molecule has 0 saturated heterocycles. The lowest BCUT2D eigenvalue weighted by atomic mass is 9.90. The maximum absolute atomic E-state index is 5.58. The lowest BCUT2D eigenvalue weighted by molar-refractivity contribution is 0.469. The van der Waals surface area contributed by atoms with Crippen LogP contribution in [0.1, 0.15) is 49.0 Å². The summed E-state index contributed by atoms with van der Waals surface area (Å²) < 4.78 is 5.97. The first-order chi connectivity index (χ1) is 5.82. The minimum atomic E-state index is 0.0759. The highest BCUT2D eigenvalue weighted by Crippen LogP contribution is 2.33. The van der Waals surface area contributed by atoms with Gasteiger partial charge in [-0.2, -0.15) is 0 Å². The standard InChI is InChI=1S/C10H16INO/c1-6(11)8-9(10(3,4)5)12-7(2)13-8/h6H,1-5H3. The van der Waals surface area contributed by atoms with E-state index in [2.05, 4.69) is 55.3 Å². The normalized spacial score (nSPS) is 14.6. The van der Waals surface area contributed by atoms with E-state index >= 15 is 0 Å². The number of oxazole rings is 1. The Hall–Kier alpha value is -0.0600. The third-order valence-corrected chi connectivity index (χ3v) is 2.40. The van der Waals surface area contributed by atoms with Gasteiger partial charge in [-0.05, 0) is 6.92 Å². The van der Waals surface area contributed by atoms with E-state index in [0.29, 0.717) is 3.92 Å². The number of halogens is 1. The SMILES string of the molecule is Cc1nc(C(C)(C)C)c(C(C)I)o1. The van der Waals surface area contributed by atoms with Gasteiger partial charge in [-0.25, -0.2) is 4.98 Å². The molecule has 2 nitrogen and oxygen atoms in total. The smallest absolute Gasteiger partial charge is 0.191 e. The molecule has 0 bridgehead atoms. The van der Waals surface area contributed by atoms with E-state index in [-0.39, 0.29) is 5.41 Å². The van der Waals surface area contributed by atoms with Crippen molar-refractivity contribution in [2.24, 2.45) is 0 Å². The Kier molecular flexibility index (Phi) is 3.05. The summed E-state index contributed by atoms with van der Waals surface area (Å²) in [4.78, 5) is 4.43. The summed E-state index contributed by atoms with van der Waals surface area (Å²) in [5.74, 6) is 1.79.